The lowest BCUT2D eigenvalue weighted by Gasteiger charge is -2.36. The van der Waals surface area contributed by atoms with Gasteiger partial charge < -0.3 is 9.80 Å². The zero-order valence-corrected chi connectivity index (χ0v) is 11.5. The van der Waals surface area contributed by atoms with Crippen LogP contribution < -0.4 is 9.80 Å². The van der Waals surface area contributed by atoms with Crippen LogP contribution in [0.1, 0.15) is 0 Å². The molecule has 0 saturated carbocycles. The zero-order chi connectivity index (χ0) is 12.4. The van der Waals surface area contributed by atoms with Crippen molar-refractivity contribution in [2.45, 2.75) is 0 Å². The monoisotopic (exact) mass is 279 g/mol. The number of para-hydroxylation sites is 1. The summed E-state index contributed by atoms with van der Waals surface area (Å²) in [5.41, 5.74) is 1.14. The van der Waals surface area contributed by atoms with Gasteiger partial charge in [-0.15, -0.1) is 11.3 Å². The second-order valence-electron chi connectivity index (χ2n) is 4.24. The molecule has 3 nitrogen and oxygen atoms in total. The number of rotatable bonds is 2. The summed E-state index contributed by atoms with van der Waals surface area (Å²) in [4.78, 5) is 9.03. The van der Waals surface area contributed by atoms with Crippen LogP contribution in [0.5, 0.6) is 0 Å². The standard InChI is InChI=1S/C13H14ClN3S/c14-11-3-1-2-4-12(11)16-6-8-17(9-7-16)13-15-5-10-18-13/h1-5,10H,6-9H2. The van der Waals surface area contributed by atoms with Gasteiger partial charge in [-0.3, -0.25) is 0 Å². The van der Waals surface area contributed by atoms with Gasteiger partial charge in [-0.1, -0.05) is 23.7 Å². The lowest BCUT2D eigenvalue weighted by atomic mass is 10.2. The smallest absolute Gasteiger partial charge is 0.185 e. The van der Waals surface area contributed by atoms with Crippen molar-refractivity contribution in [3.8, 4) is 0 Å². The Bertz CT molecular complexity index is 507. The average molecular weight is 280 g/mol. The second-order valence-corrected chi connectivity index (χ2v) is 5.52. The number of hydrogen-bond acceptors (Lipinski definition) is 4. The van der Waals surface area contributed by atoms with Crippen molar-refractivity contribution in [1.82, 2.24) is 4.98 Å². The number of halogens is 1. The summed E-state index contributed by atoms with van der Waals surface area (Å²) in [5.74, 6) is 0. The van der Waals surface area contributed by atoms with Crippen LogP contribution in [0.25, 0.3) is 0 Å². The number of anilines is 2. The van der Waals surface area contributed by atoms with Gasteiger partial charge in [0.15, 0.2) is 5.13 Å². The van der Waals surface area contributed by atoms with Crippen molar-refractivity contribution in [1.29, 1.82) is 0 Å². The number of benzene rings is 1. The minimum atomic E-state index is 0.834. The lowest BCUT2D eigenvalue weighted by molar-refractivity contribution is 0.652. The SMILES string of the molecule is Clc1ccccc1N1CCN(c2nccs2)CC1. The fourth-order valence-electron chi connectivity index (χ4n) is 2.22. The molecule has 0 unspecified atom stereocenters. The maximum Gasteiger partial charge on any atom is 0.185 e. The van der Waals surface area contributed by atoms with E-state index in [0.29, 0.717) is 0 Å². The van der Waals surface area contributed by atoms with Crippen LogP contribution >= 0.6 is 22.9 Å². The van der Waals surface area contributed by atoms with Crippen LogP contribution in [-0.4, -0.2) is 31.2 Å². The van der Waals surface area contributed by atoms with E-state index in [0.717, 1.165) is 42.0 Å². The van der Waals surface area contributed by atoms with E-state index < -0.39 is 0 Å². The minimum Gasteiger partial charge on any atom is -0.367 e. The summed E-state index contributed by atoms with van der Waals surface area (Å²) in [6.07, 6.45) is 1.86. The van der Waals surface area contributed by atoms with Crippen molar-refractivity contribution >= 4 is 33.8 Å². The summed E-state index contributed by atoms with van der Waals surface area (Å²) in [6, 6.07) is 8.04. The molecule has 1 aliphatic rings. The first-order chi connectivity index (χ1) is 8.84. The molecule has 5 heteroatoms. The number of hydrogen-bond donors (Lipinski definition) is 0. The van der Waals surface area contributed by atoms with Crippen LogP contribution in [-0.2, 0) is 0 Å². The molecule has 3 rings (SSSR count). The quantitative estimate of drug-likeness (QED) is 0.842. The van der Waals surface area contributed by atoms with Gasteiger partial charge in [-0.2, -0.15) is 0 Å². The molecule has 2 heterocycles. The third kappa shape index (κ3) is 2.31. The summed E-state index contributed by atoms with van der Waals surface area (Å²) in [7, 11) is 0. The van der Waals surface area contributed by atoms with E-state index in [1.807, 2.05) is 29.8 Å². The molecule has 0 radical (unpaired) electrons. The highest BCUT2D eigenvalue weighted by Crippen LogP contribution is 2.27. The molecule has 18 heavy (non-hydrogen) atoms. The number of thiazole rings is 1. The van der Waals surface area contributed by atoms with Gasteiger partial charge >= 0.3 is 0 Å². The van der Waals surface area contributed by atoms with Gasteiger partial charge in [0.05, 0.1) is 10.7 Å². The molecule has 0 aliphatic carbocycles. The van der Waals surface area contributed by atoms with E-state index in [1.54, 1.807) is 11.3 Å². The molecule has 1 saturated heterocycles. The molecule has 0 spiro atoms. The van der Waals surface area contributed by atoms with Crippen molar-refractivity contribution in [2.75, 3.05) is 36.0 Å². The van der Waals surface area contributed by atoms with E-state index in [2.05, 4.69) is 20.9 Å². The van der Waals surface area contributed by atoms with E-state index in [-0.39, 0.29) is 0 Å². The topological polar surface area (TPSA) is 19.4 Å². The predicted molar refractivity (Wildman–Crippen MR) is 78.0 cm³/mol. The molecule has 1 aromatic heterocycles. The Morgan fingerprint density at radius 3 is 2.44 bits per heavy atom. The highest BCUT2D eigenvalue weighted by Gasteiger charge is 2.19. The minimum absolute atomic E-state index is 0.834. The molecule has 1 aliphatic heterocycles. The average Bonchev–Trinajstić information content (AvgIpc) is 2.94. The maximum absolute atomic E-state index is 6.23. The molecule has 0 bridgehead atoms. The van der Waals surface area contributed by atoms with Gasteiger partial charge in [-0.05, 0) is 12.1 Å². The fraction of sp³-hybridized carbons (Fsp3) is 0.308. The molecule has 0 N–H and O–H groups in total. The predicted octanol–water partition coefficient (Wildman–Crippen LogP) is 3.12. The van der Waals surface area contributed by atoms with Crippen LogP contribution in [0.4, 0.5) is 10.8 Å². The van der Waals surface area contributed by atoms with Crippen LogP contribution in [0.15, 0.2) is 35.8 Å². The van der Waals surface area contributed by atoms with E-state index in [9.17, 15) is 0 Å². The van der Waals surface area contributed by atoms with Crippen LogP contribution in [0.3, 0.4) is 0 Å². The normalized spacial score (nSPS) is 16.1. The van der Waals surface area contributed by atoms with Crippen LogP contribution in [0.2, 0.25) is 5.02 Å². The van der Waals surface area contributed by atoms with E-state index in [4.69, 9.17) is 11.6 Å². The van der Waals surface area contributed by atoms with Gasteiger partial charge in [0.1, 0.15) is 0 Å². The Balaban J connectivity index is 1.69. The molecular weight excluding hydrogens is 266 g/mol. The van der Waals surface area contributed by atoms with Crippen molar-refractivity contribution < 1.29 is 0 Å². The number of aromatic nitrogens is 1. The fourth-order valence-corrected chi connectivity index (χ4v) is 3.17. The first kappa shape index (κ1) is 11.8. The van der Waals surface area contributed by atoms with Crippen molar-refractivity contribution in [3.63, 3.8) is 0 Å². The second kappa shape index (κ2) is 5.16. The summed E-state index contributed by atoms with van der Waals surface area (Å²) < 4.78 is 0. The summed E-state index contributed by atoms with van der Waals surface area (Å²) in [6.45, 7) is 3.98. The third-order valence-electron chi connectivity index (χ3n) is 3.16. The third-order valence-corrected chi connectivity index (χ3v) is 4.31. The molecule has 0 atom stereocenters. The Hall–Kier alpha value is -1.26. The summed E-state index contributed by atoms with van der Waals surface area (Å²) in [5, 5.41) is 3.98. The molecule has 1 aromatic carbocycles. The largest absolute Gasteiger partial charge is 0.367 e. The number of nitrogens with zero attached hydrogens (tertiary/aromatic N) is 3. The van der Waals surface area contributed by atoms with Gasteiger partial charge in [0, 0.05) is 37.8 Å². The Kier molecular flexibility index (Phi) is 3.39. The Morgan fingerprint density at radius 1 is 1.06 bits per heavy atom. The van der Waals surface area contributed by atoms with Crippen LogP contribution in [0, 0.1) is 0 Å². The Labute approximate surface area is 116 Å². The number of piperazine rings is 1. The molecule has 94 valence electrons. The first-order valence-electron chi connectivity index (χ1n) is 5.98. The van der Waals surface area contributed by atoms with Gasteiger partial charge in [0.25, 0.3) is 0 Å². The molecule has 0 amide bonds. The van der Waals surface area contributed by atoms with E-state index >= 15 is 0 Å². The van der Waals surface area contributed by atoms with Gasteiger partial charge in [-0.25, -0.2) is 4.98 Å². The summed E-state index contributed by atoms with van der Waals surface area (Å²) >= 11 is 7.93. The highest BCUT2D eigenvalue weighted by atomic mass is 35.5. The highest BCUT2D eigenvalue weighted by molar-refractivity contribution is 7.13. The van der Waals surface area contributed by atoms with E-state index in [1.165, 1.54) is 0 Å². The van der Waals surface area contributed by atoms with Crippen molar-refractivity contribution in [3.05, 3.63) is 40.9 Å². The maximum atomic E-state index is 6.23. The molecule has 2 aromatic rings. The first-order valence-corrected chi connectivity index (χ1v) is 7.24. The van der Waals surface area contributed by atoms with Crippen molar-refractivity contribution in [2.24, 2.45) is 0 Å². The zero-order valence-electron chi connectivity index (χ0n) is 9.92. The Morgan fingerprint density at radius 2 is 1.78 bits per heavy atom. The van der Waals surface area contributed by atoms with Gasteiger partial charge in [0.2, 0.25) is 0 Å². The lowest BCUT2D eigenvalue weighted by Crippen LogP contribution is -2.46. The molecular formula is C13H14ClN3S. The molecule has 1 fully saturated rings.